The summed E-state index contributed by atoms with van der Waals surface area (Å²) < 4.78 is 5.26. The summed E-state index contributed by atoms with van der Waals surface area (Å²) in [4.78, 5) is 48.8. The maximum Gasteiger partial charge on any atom is 0.412 e. The number of nitrogens with one attached hydrogen (secondary N) is 2. The van der Waals surface area contributed by atoms with E-state index >= 15 is 0 Å². The monoisotopic (exact) mass is 583 g/mol. The fraction of sp³-hybridized carbons (Fsp3) is 0.281. The molecule has 0 spiro atoms. The van der Waals surface area contributed by atoms with Gasteiger partial charge in [0, 0.05) is 40.1 Å². The molecule has 2 aromatic heterocycles. The number of carbonyl (C=O) groups is 3. The van der Waals surface area contributed by atoms with Gasteiger partial charge in [0.05, 0.1) is 5.69 Å². The number of aryl methyl sites for hydroxylation is 2. The topological polar surface area (TPSA) is 114 Å². The van der Waals surface area contributed by atoms with E-state index in [0.717, 1.165) is 33.8 Å². The molecule has 0 unspecified atom stereocenters. The minimum atomic E-state index is -0.614. The van der Waals surface area contributed by atoms with Gasteiger partial charge < -0.3 is 15.0 Å². The van der Waals surface area contributed by atoms with Crippen molar-refractivity contribution in [3.8, 4) is 22.4 Å². The molecule has 5 rings (SSSR count). The third-order valence-corrected chi connectivity index (χ3v) is 7.43. The van der Waals surface area contributed by atoms with Crippen LogP contribution in [-0.4, -0.2) is 51.0 Å². The third kappa shape index (κ3) is 6.83. The second-order valence-corrected chi connectivity index (χ2v) is 12.1. The summed E-state index contributed by atoms with van der Waals surface area (Å²) in [6, 6.07) is 18.2. The summed E-state index contributed by atoms with van der Waals surface area (Å²) >= 11 is 1.35. The van der Waals surface area contributed by atoms with E-state index in [-0.39, 0.29) is 11.8 Å². The van der Waals surface area contributed by atoms with Gasteiger partial charge in [-0.2, -0.15) is 0 Å². The summed E-state index contributed by atoms with van der Waals surface area (Å²) in [5.74, 6) is -0.515. The molecule has 1 saturated heterocycles. The number of rotatable bonds is 6. The van der Waals surface area contributed by atoms with Crippen LogP contribution in [0.5, 0.6) is 0 Å². The number of carbonyl (C=O) groups excluding carboxylic acids is 3. The quantitative estimate of drug-likeness (QED) is 0.262. The molecule has 2 aromatic carbocycles. The van der Waals surface area contributed by atoms with Crippen molar-refractivity contribution in [2.75, 3.05) is 17.2 Å². The lowest BCUT2D eigenvalue weighted by Crippen LogP contribution is -2.56. The Morgan fingerprint density at radius 2 is 1.60 bits per heavy atom. The Hall–Kier alpha value is -4.57. The van der Waals surface area contributed by atoms with Crippen molar-refractivity contribution < 1.29 is 19.1 Å². The largest absolute Gasteiger partial charge is 0.444 e. The highest BCUT2D eigenvalue weighted by atomic mass is 32.1. The van der Waals surface area contributed by atoms with E-state index in [1.807, 2.05) is 31.4 Å². The number of nitrogens with zero attached hydrogens (tertiary/aromatic N) is 3. The van der Waals surface area contributed by atoms with E-state index in [4.69, 9.17) is 4.74 Å². The average Bonchev–Trinajstić information content (AvgIpc) is 3.35. The Labute approximate surface area is 249 Å². The number of likely N-dealkylation sites (tertiary alicyclic amines) is 1. The number of benzene rings is 2. The van der Waals surface area contributed by atoms with E-state index in [9.17, 15) is 14.4 Å². The van der Waals surface area contributed by atoms with Gasteiger partial charge in [0.1, 0.15) is 11.6 Å². The van der Waals surface area contributed by atoms with Crippen molar-refractivity contribution in [2.24, 2.45) is 0 Å². The molecule has 9 nitrogen and oxygen atoms in total. The van der Waals surface area contributed by atoms with Crippen LogP contribution in [0.1, 0.15) is 48.9 Å². The number of aromatic nitrogens is 2. The molecule has 10 heteroatoms. The molecule has 1 atom stereocenters. The zero-order chi connectivity index (χ0) is 30.0. The summed E-state index contributed by atoms with van der Waals surface area (Å²) in [5.41, 5.74) is 6.12. The minimum Gasteiger partial charge on any atom is -0.444 e. The normalized spacial score (nSPS) is 14.6. The van der Waals surface area contributed by atoms with E-state index in [2.05, 4.69) is 44.9 Å². The lowest BCUT2D eigenvalue weighted by Gasteiger charge is -2.39. The number of ether oxygens (including phenoxy) is 1. The molecular formula is C32H33N5O4S. The number of pyridine rings is 1. The van der Waals surface area contributed by atoms with Crippen LogP contribution in [0.15, 0.2) is 66.0 Å². The molecule has 4 aromatic rings. The molecular weight excluding hydrogens is 550 g/mol. The maximum absolute atomic E-state index is 13.1. The maximum atomic E-state index is 13.1. The summed E-state index contributed by atoms with van der Waals surface area (Å²) in [6.07, 6.45) is -0.000944. The number of thiazole rings is 1. The van der Waals surface area contributed by atoms with Crippen LogP contribution in [0.3, 0.4) is 0 Å². The van der Waals surface area contributed by atoms with E-state index < -0.39 is 17.7 Å². The van der Waals surface area contributed by atoms with Crippen molar-refractivity contribution in [1.29, 1.82) is 0 Å². The van der Waals surface area contributed by atoms with Gasteiger partial charge in [0.15, 0.2) is 5.13 Å². The Morgan fingerprint density at radius 1 is 0.905 bits per heavy atom. The predicted molar refractivity (Wildman–Crippen MR) is 165 cm³/mol. The molecule has 0 bridgehead atoms. The zero-order valence-corrected chi connectivity index (χ0v) is 25.0. The Kier molecular flexibility index (Phi) is 8.08. The first-order chi connectivity index (χ1) is 19.9. The average molecular weight is 584 g/mol. The van der Waals surface area contributed by atoms with Crippen molar-refractivity contribution in [3.05, 3.63) is 83.0 Å². The van der Waals surface area contributed by atoms with Crippen molar-refractivity contribution >= 4 is 40.1 Å². The Morgan fingerprint density at radius 3 is 2.24 bits per heavy atom. The molecule has 1 fully saturated rings. The standard InChI is InChI=1S/C32H33N5O4S/c1-19-15-24(16-20(2)33-19)22-7-6-8-23(17-22)26-18-42-30(35-26)36-28(38)27-13-14-37(27)29(39)21-9-11-25(12-10-21)34-31(40)41-32(3,4)5/h6-12,15-18,27H,13-14H2,1-5H3,(H,34,40)(H,35,36,38)/t27-/m1/s1. The smallest absolute Gasteiger partial charge is 0.412 e. The minimum absolute atomic E-state index is 0.247. The van der Waals surface area contributed by atoms with Crippen LogP contribution >= 0.6 is 11.3 Å². The molecule has 42 heavy (non-hydrogen) atoms. The first-order valence-electron chi connectivity index (χ1n) is 13.7. The van der Waals surface area contributed by atoms with Crippen LogP contribution in [0.4, 0.5) is 15.6 Å². The lowest BCUT2D eigenvalue weighted by molar-refractivity contribution is -0.123. The Bertz CT molecular complexity index is 1620. The highest BCUT2D eigenvalue weighted by Crippen LogP contribution is 2.30. The SMILES string of the molecule is Cc1cc(-c2cccc(-c3csc(NC(=O)[C@H]4CCN4C(=O)c4ccc(NC(=O)OC(C)(C)C)cc4)n3)c2)cc(C)n1. The zero-order valence-electron chi connectivity index (χ0n) is 24.2. The highest BCUT2D eigenvalue weighted by Gasteiger charge is 2.38. The molecule has 0 saturated carbocycles. The van der Waals surface area contributed by atoms with Gasteiger partial charge in [-0.15, -0.1) is 11.3 Å². The molecule has 0 radical (unpaired) electrons. The number of amides is 3. The first kappa shape index (κ1) is 28.9. The molecule has 2 N–H and O–H groups in total. The lowest BCUT2D eigenvalue weighted by atomic mass is 10.00. The third-order valence-electron chi connectivity index (χ3n) is 6.67. The van der Waals surface area contributed by atoms with Crippen LogP contribution in [0.2, 0.25) is 0 Å². The molecule has 3 heterocycles. The van der Waals surface area contributed by atoms with E-state index in [1.54, 1.807) is 49.9 Å². The van der Waals surface area contributed by atoms with Gasteiger partial charge >= 0.3 is 6.09 Å². The van der Waals surface area contributed by atoms with Gasteiger partial charge in [-0.3, -0.25) is 19.9 Å². The first-order valence-corrected chi connectivity index (χ1v) is 14.6. The van der Waals surface area contributed by atoms with Gasteiger partial charge in [-0.25, -0.2) is 9.78 Å². The van der Waals surface area contributed by atoms with Crippen molar-refractivity contribution in [1.82, 2.24) is 14.9 Å². The molecule has 0 aliphatic carbocycles. The van der Waals surface area contributed by atoms with E-state index in [1.165, 1.54) is 11.3 Å². The van der Waals surface area contributed by atoms with Crippen molar-refractivity contribution in [2.45, 2.75) is 52.7 Å². The van der Waals surface area contributed by atoms with Crippen LogP contribution < -0.4 is 10.6 Å². The van der Waals surface area contributed by atoms with Crippen molar-refractivity contribution in [3.63, 3.8) is 0 Å². The van der Waals surface area contributed by atoms with Gasteiger partial charge in [0.25, 0.3) is 5.91 Å². The summed E-state index contributed by atoms with van der Waals surface area (Å²) in [7, 11) is 0. The van der Waals surface area contributed by atoms with Crippen LogP contribution in [0, 0.1) is 13.8 Å². The molecule has 3 amide bonds. The fourth-order valence-corrected chi connectivity index (χ4v) is 5.42. The predicted octanol–water partition coefficient (Wildman–Crippen LogP) is 6.69. The Balaban J connectivity index is 1.20. The highest BCUT2D eigenvalue weighted by molar-refractivity contribution is 7.14. The second kappa shape index (κ2) is 11.7. The van der Waals surface area contributed by atoms with E-state index in [0.29, 0.717) is 29.3 Å². The second-order valence-electron chi connectivity index (χ2n) is 11.3. The number of hydrogen-bond donors (Lipinski definition) is 2. The van der Waals surface area contributed by atoms with Gasteiger partial charge in [-0.05, 0) is 94.6 Å². The van der Waals surface area contributed by atoms with Gasteiger partial charge in [-0.1, -0.05) is 18.2 Å². The van der Waals surface area contributed by atoms with Crippen LogP contribution in [0.25, 0.3) is 22.4 Å². The number of hydrogen-bond acceptors (Lipinski definition) is 7. The summed E-state index contributed by atoms with van der Waals surface area (Å²) in [5, 5.41) is 7.92. The number of anilines is 2. The van der Waals surface area contributed by atoms with Gasteiger partial charge in [0.2, 0.25) is 5.91 Å². The molecule has 1 aliphatic heterocycles. The van der Waals surface area contributed by atoms with Crippen LogP contribution in [-0.2, 0) is 9.53 Å². The molecule has 1 aliphatic rings. The fourth-order valence-electron chi connectivity index (χ4n) is 4.70. The molecule has 216 valence electrons. The summed E-state index contributed by atoms with van der Waals surface area (Å²) in [6.45, 7) is 9.80.